The second kappa shape index (κ2) is 6.12. The number of ether oxygens (including phenoxy) is 2. The first-order chi connectivity index (χ1) is 7.69. The lowest BCUT2D eigenvalue weighted by molar-refractivity contribution is -0.147. The Hall–Kier alpha value is -1.55. The van der Waals surface area contributed by atoms with Crippen LogP contribution < -0.4 is 4.74 Å². The van der Waals surface area contributed by atoms with Crippen LogP contribution in [0.2, 0.25) is 0 Å². The summed E-state index contributed by atoms with van der Waals surface area (Å²) in [4.78, 5) is 11.2. The van der Waals surface area contributed by atoms with Gasteiger partial charge in [0.05, 0.1) is 7.11 Å². The van der Waals surface area contributed by atoms with Crippen LogP contribution in [0.3, 0.4) is 0 Å². The molecule has 0 spiro atoms. The molecule has 4 heteroatoms. The predicted molar refractivity (Wildman–Crippen MR) is 59.3 cm³/mol. The molecule has 1 rings (SSSR count). The lowest BCUT2D eigenvalue weighted by Crippen LogP contribution is -2.25. The number of aliphatic hydroxyl groups excluding tert-OH is 1. The summed E-state index contributed by atoms with van der Waals surface area (Å²) < 4.78 is 10.0. The van der Waals surface area contributed by atoms with Crippen LogP contribution in [-0.4, -0.2) is 30.9 Å². The van der Waals surface area contributed by atoms with E-state index in [1.807, 2.05) is 18.2 Å². The van der Waals surface area contributed by atoms with Gasteiger partial charge in [0.25, 0.3) is 0 Å². The molecule has 0 saturated heterocycles. The number of para-hydroxylation sites is 1. The summed E-state index contributed by atoms with van der Waals surface area (Å²) >= 11 is 0. The van der Waals surface area contributed by atoms with Gasteiger partial charge in [-0.3, -0.25) is 0 Å². The van der Waals surface area contributed by atoms with Gasteiger partial charge in [-0.2, -0.15) is 0 Å². The number of hydrogen-bond acceptors (Lipinski definition) is 4. The van der Waals surface area contributed by atoms with Gasteiger partial charge >= 0.3 is 5.97 Å². The van der Waals surface area contributed by atoms with Crippen LogP contribution >= 0.6 is 0 Å². The highest BCUT2D eigenvalue weighted by Gasteiger charge is 2.15. The molecule has 16 heavy (non-hydrogen) atoms. The molecule has 0 unspecified atom stereocenters. The van der Waals surface area contributed by atoms with E-state index < -0.39 is 12.1 Å². The van der Waals surface area contributed by atoms with Crippen molar-refractivity contribution in [1.29, 1.82) is 0 Å². The summed E-state index contributed by atoms with van der Waals surface area (Å²) in [6, 6.07) is 7.31. The van der Waals surface area contributed by atoms with E-state index in [2.05, 4.69) is 4.74 Å². The number of benzene rings is 1. The summed E-state index contributed by atoms with van der Waals surface area (Å²) in [7, 11) is 1.32. The number of aliphatic hydroxyl groups is 1. The molecule has 0 aliphatic carbocycles. The lowest BCUT2D eigenvalue weighted by Gasteiger charge is -2.15. The van der Waals surface area contributed by atoms with Crippen LogP contribution in [0.1, 0.15) is 12.5 Å². The highest BCUT2D eigenvalue weighted by Crippen LogP contribution is 2.19. The Labute approximate surface area is 94.8 Å². The van der Waals surface area contributed by atoms with Crippen LogP contribution in [0, 0.1) is 0 Å². The smallest absolute Gasteiger partial charge is 0.346 e. The van der Waals surface area contributed by atoms with Gasteiger partial charge < -0.3 is 14.6 Å². The maximum Gasteiger partial charge on any atom is 0.346 e. The molecule has 0 fully saturated rings. The van der Waals surface area contributed by atoms with Crippen molar-refractivity contribution in [3.05, 3.63) is 29.8 Å². The summed E-state index contributed by atoms with van der Waals surface area (Å²) in [5.74, 6) is 0.188. The van der Waals surface area contributed by atoms with E-state index in [0.29, 0.717) is 12.2 Å². The Bertz CT molecular complexity index is 349. The molecule has 0 aromatic heterocycles. The molecule has 1 aromatic rings. The number of rotatable bonds is 5. The van der Waals surface area contributed by atoms with Gasteiger partial charge in [-0.1, -0.05) is 18.2 Å². The molecular formula is C12H16O4. The van der Waals surface area contributed by atoms with Crippen LogP contribution in [0.15, 0.2) is 24.3 Å². The van der Waals surface area contributed by atoms with Crippen molar-refractivity contribution in [3.63, 3.8) is 0 Å². The van der Waals surface area contributed by atoms with Crippen molar-refractivity contribution >= 4 is 5.97 Å². The molecule has 0 aliphatic rings. The Morgan fingerprint density at radius 1 is 1.44 bits per heavy atom. The van der Waals surface area contributed by atoms with E-state index in [0.717, 1.165) is 5.56 Å². The molecule has 0 radical (unpaired) electrons. The van der Waals surface area contributed by atoms with E-state index in [4.69, 9.17) is 9.84 Å². The zero-order chi connectivity index (χ0) is 12.0. The summed E-state index contributed by atoms with van der Waals surface area (Å²) in [6.07, 6.45) is -0.144. The minimum Gasteiger partial charge on any atom is -0.479 e. The molecule has 0 aliphatic heterocycles. The van der Waals surface area contributed by atoms with Crippen molar-refractivity contribution in [2.24, 2.45) is 0 Å². The fraction of sp³-hybridized carbons (Fsp3) is 0.417. The second-order valence-corrected chi connectivity index (χ2v) is 3.36. The Morgan fingerprint density at radius 3 is 2.75 bits per heavy atom. The first-order valence-corrected chi connectivity index (χ1v) is 5.12. The zero-order valence-electron chi connectivity index (χ0n) is 9.47. The first kappa shape index (κ1) is 12.5. The molecular weight excluding hydrogens is 208 g/mol. The Morgan fingerprint density at radius 2 is 2.12 bits per heavy atom. The van der Waals surface area contributed by atoms with Crippen LogP contribution in [0.5, 0.6) is 5.75 Å². The molecule has 0 saturated carbocycles. The topological polar surface area (TPSA) is 55.8 Å². The van der Waals surface area contributed by atoms with Crippen LogP contribution in [0.25, 0.3) is 0 Å². The summed E-state index contributed by atoms with van der Waals surface area (Å²) in [6.45, 7) is 1.68. The highest BCUT2D eigenvalue weighted by molar-refractivity contribution is 5.74. The van der Waals surface area contributed by atoms with Crippen molar-refractivity contribution in [2.75, 3.05) is 13.7 Å². The average molecular weight is 224 g/mol. The molecule has 88 valence electrons. The predicted octanol–water partition coefficient (Wildman–Crippen LogP) is 1.16. The molecule has 1 N–H and O–H groups in total. The minimum atomic E-state index is -0.648. The zero-order valence-corrected chi connectivity index (χ0v) is 9.47. The maximum atomic E-state index is 11.2. The van der Waals surface area contributed by atoms with Crippen molar-refractivity contribution in [1.82, 2.24) is 0 Å². The van der Waals surface area contributed by atoms with Crippen LogP contribution in [0.4, 0.5) is 0 Å². The van der Waals surface area contributed by atoms with Gasteiger partial charge in [0.1, 0.15) is 5.75 Å². The summed E-state index contributed by atoms with van der Waals surface area (Å²) in [5.41, 5.74) is 0.876. The van der Waals surface area contributed by atoms with E-state index in [1.165, 1.54) is 7.11 Å². The fourth-order valence-corrected chi connectivity index (χ4v) is 1.35. The number of carbonyl (C=O) groups excluding carboxylic acids is 1. The molecule has 1 atom stereocenters. The van der Waals surface area contributed by atoms with E-state index in [1.54, 1.807) is 13.0 Å². The Kier molecular flexibility index (Phi) is 4.79. The lowest BCUT2D eigenvalue weighted by atomic mass is 10.1. The SMILES string of the molecule is COC(=O)[C@H](C)Oc1ccccc1CCO. The number of esters is 1. The number of carbonyl (C=O) groups is 1. The number of methoxy groups -OCH3 is 1. The third-order valence-corrected chi connectivity index (χ3v) is 2.19. The standard InChI is InChI=1S/C12H16O4/c1-9(12(14)15-2)16-11-6-4-3-5-10(11)7-8-13/h3-6,9,13H,7-8H2,1-2H3/t9-/m0/s1. The van der Waals surface area contributed by atoms with E-state index in [-0.39, 0.29) is 6.61 Å². The molecule has 0 amide bonds. The van der Waals surface area contributed by atoms with Gasteiger partial charge in [-0.15, -0.1) is 0 Å². The second-order valence-electron chi connectivity index (χ2n) is 3.36. The minimum absolute atomic E-state index is 0.0486. The average Bonchev–Trinajstić information content (AvgIpc) is 2.31. The van der Waals surface area contributed by atoms with E-state index in [9.17, 15) is 4.79 Å². The van der Waals surface area contributed by atoms with Crippen molar-refractivity contribution < 1.29 is 19.4 Å². The first-order valence-electron chi connectivity index (χ1n) is 5.12. The van der Waals surface area contributed by atoms with Gasteiger partial charge in [-0.25, -0.2) is 4.79 Å². The highest BCUT2D eigenvalue weighted by atomic mass is 16.6. The monoisotopic (exact) mass is 224 g/mol. The van der Waals surface area contributed by atoms with Gasteiger partial charge in [0.2, 0.25) is 0 Å². The van der Waals surface area contributed by atoms with Crippen molar-refractivity contribution in [3.8, 4) is 5.75 Å². The maximum absolute atomic E-state index is 11.2. The fourth-order valence-electron chi connectivity index (χ4n) is 1.35. The summed E-state index contributed by atoms with van der Waals surface area (Å²) in [5, 5.41) is 8.89. The quantitative estimate of drug-likeness (QED) is 0.762. The van der Waals surface area contributed by atoms with Crippen LogP contribution in [-0.2, 0) is 16.0 Å². The number of hydrogen-bond donors (Lipinski definition) is 1. The third kappa shape index (κ3) is 3.24. The van der Waals surface area contributed by atoms with Gasteiger partial charge in [0.15, 0.2) is 6.10 Å². The molecule has 0 heterocycles. The third-order valence-electron chi connectivity index (χ3n) is 2.19. The molecule has 4 nitrogen and oxygen atoms in total. The molecule has 1 aromatic carbocycles. The molecule has 0 bridgehead atoms. The van der Waals surface area contributed by atoms with E-state index >= 15 is 0 Å². The van der Waals surface area contributed by atoms with Crippen molar-refractivity contribution in [2.45, 2.75) is 19.4 Å². The van der Waals surface area contributed by atoms with Gasteiger partial charge in [0, 0.05) is 6.61 Å². The van der Waals surface area contributed by atoms with Gasteiger partial charge in [-0.05, 0) is 25.0 Å². The largest absolute Gasteiger partial charge is 0.479 e. The Balaban J connectivity index is 2.75. The normalized spacial score (nSPS) is 11.9.